The third-order valence-electron chi connectivity index (χ3n) is 5.51. The highest BCUT2D eigenvalue weighted by Gasteiger charge is 2.25. The molecule has 5 N–H and O–H groups in total. The lowest BCUT2D eigenvalue weighted by atomic mass is 9.87. The van der Waals surface area contributed by atoms with Crippen molar-refractivity contribution in [1.82, 2.24) is 4.98 Å². The van der Waals surface area contributed by atoms with Crippen molar-refractivity contribution in [1.29, 1.82) is 5.41 Å². The average Bonchev–Trinajstić information content (AvgIpc) is 2.62. The van der Waals surface area contributed by atoms with Crippen molar-refractivity contribution < 1.29 is 0 Å². The molecular formula is C19H25N5. The molecule has 1 aromatic heterocycles. The van der Waals surface area contributed by atoms with Crippen LogP contribution in [0.25, 0.3) is 10.9 Å². The number of rotatable bonds is 2. The molecule has 2 aromatic rings. The fourth-order valence-corrected chi connectivity index (χ4v) is 4.17. The predicted molar refractivity (Wildman–Crippen MR) is 100 cm³/mol. The molecule has 0 saturated carbocycles. The van der Waals surface area contributed by atoms with E-state index in [-0.39, 0.29) is 0 Å². The summed E-state index contributed by atoms with van der Waals surface area (Å²) in [6, 6.07) is 4.20. The molecule has 1 aromatic carbocycles. The van der Waals surface area contributed by atoms with Crippen molar-refractivity contribution in [2.45, 2.75) is 44.6 Å². The van der Waals surface area contributed by atoms with Crippen LogP contribution in [0.5, 0.6) is 0 Å². The molecule has 5 heteroatoms. The van der Waals surface area contributed by atoms with Crippen molar-refractivity contribution in [3.8, 4) is 0 Å². The van der Waals surface area contributed by atoms with Gasteiger partial charge in [0.2, 0.25) is 0 Å². The van der Waals surface area contributed by atoms with Crippen molar-refractivity contribution in [2.75, 3.05) is 23.7 Å². The van der Waals surface area contributed by atoms with Gasteiger partial charge in [-0.05, 0) is 61.8 Å². The van der Waals surface area contributed by atoms with Crippen LogP contribution >= 0.6 is 0 Å². The maximum atomic E-state index is 7.80. The minimum Gasteiger partial charge on any atom is -0.398 e. The molecule has 1 aliphatic heterocycles. The maximum absolute atomic E-state index is 7.80. The van der Waals surface area contributed by atoms with Crippen LogP contribution in [-0.4, -0.2) is 30.3 Å². The Kier molecular flexibility index (Phi) is 3.88. The number of nitrogens with two attached hydrogens (primary N) is 2. The Morgan fingerprint density at radius 2 is 1.83 bits per heavy atom. The molecule has 1 saturated heterocycles. The number of hydrogen-bond donors (Lipinski definition) is 3. The number of piperidine rings is 1. The van der Waals surface area contributed by atoms with Gasteiger partial charge in [0.05, 0.1) is 5.52 Å². The summed E-state index contributed by atoms with van der Waals surface area (Å²) in [5.41, 5.74) is 17.4. The molecule has 1 aliphatic carbocycles. The lowest BCUT2D eigenvalue weighted by Gasteiger charge is -2.34. The summed E-state index contributed by atoms with van der Waals surface area (Å²) in [6.07, 6.45) is 7.98. The number of nitrogens with one attached hydrogen (secondary N) is 1. The van der Waals surface area contributed by atoms with E-state index >= 15 is 0 Å². The van der Waals surface area contributed by atoms with Gasteiger partial charge in [-0.2, -0.15) is 0 Å². The second-order valence-corrected chi connectivity index (χ2v) is 7.03. The zero-order valence-electron chi connectivity index (χ0n) is 14.0. The molecule has 0 spiro atoms. The van der Waals surface area contributed by atoms with Crippen LogP contribution in [-0.2, 0) is 12.8 Å². The Morgan fingerprint density at radius 3 is 2.54 bits per heavy atom. The normalized spacial score (nSPS) is 18.6. The molecule has 5 nitrogen and oxygen atoms in total. The molecule has 0 unspecified atom stereocenters. The van der Waals surface area contributed by atoms with Crippen molar-refractivity contribution >= 4 is 28.6 Å². The lowest BCUT2D eigenvalue weighted by Crippen LogP contribution is -2.40. The molecule has 2 heterocycles. The molecule has 0 atom stereocenters. The molecule has 24 heavy (non-hydrogen) atoms. The topological polar surface area (TPSA) is 92.0 Å². The lowest BCUT2D eigenvalue weighted by molar-refractivity contribution is 0.497. The molecule has 0 bridgehead atoms. The van der Waals surface area contributed by atoms with E-state index in [0.29, 0.717) is 11.7 Å². The highest BCUT2D eigenvalue weighted by Crippen LogP contribution is 2.37. The zero-order chi connectivity index (χ0) is 16.7. The van der Waals surface area contributed by atoms with E-state index in [4.69, 9.17) is 21.9 Å². The number of pyridine rings is 1. The SMILES string of the molecule is N=Cc1c(N)ccc2nc(N3CCC(N)CC3)c3c(c12)CCCC3. The zero-order valence-corrected chi connectivity index (χ0v) is 14.0. The van der Waals surface area contributed by atoms with Crippen LogP contribution in [0.3, 0.4) is 0 Å². The maximum Gasteiger partial charge on any atom is 0.132 e. The van der Waals surface area contributed by atoms with E-state index in [9.17, 15) is 0 Å². The van der Waals surface area contributed by atoms with Crippen LogP contribution in [0, 0.1) is 5.41 Å². The number of nitrogen functional groups attached to an aromatic ring is 1. The molecule has 1 fully saturated rings. The van der Waals surface area contributed by atoms with Gasteiger partial charge in [-0.1, -0.05) is 0 Å². The highest BCUT2D eigenvalue weighted by atomic mass is 15.2. The summed E-state index contributed by atoms with van der Waals surface area (Å²) in [7, 11) is 0. The van der Waals surface area contributed by atoms with Gasteiger partial charge in [0.1, 0.15) is 5.82 Å². The Bertz CT molecular complexity index is 790. The molecule has 0 radical (unpaired) electrons. The molecular weight excluding hydrogens is 298 g/mol. The summed E-state index contributed by atoms with van der Waals surface area (Å²) in [6.45, 7) is 1.97. The summed E-state index contributed by atoms with van der Waals surface area (Å²) in [5.74, 6) is 1.14. The van der Waals surface area contributed by atoms with Crippen LogP contribution in [0.1, 0.15) is 42.4 Å². The van der Waals surface area contributed by atoms with Crippen LogP contribution < -0.4 is 16.4 Å². The van der Waals surface area contributed by atoms with Crippen LogP contribution in [0.2, 0.25) is 0 Å². The Labute approximate surface area is 142 Å². The standard InChI is InChI=1S/C19H25N5/c20-11-15-16(22)5-6-17-18(15)13-3-1-2-4-14(13)19(23-17)24-9-7-12(21)8-10-24/h5-6,11-12,20H,1-4,7-10,21-22H2. The van der Waals surface area contributed by atoms with Crippen LogP contribution in [0.4, 0.5) is 11.5 Å². The quantitative estimate of drug-likeness (QED) is 0.585. The fraction of sp³-hybridized carbons (Fsp3) is 0.474. The predicted octanol–water partition coefficient (Wildman–Crippen LogP) is 2.62. The van der Waals surface area contributed by atoms with E-state index in [1.165, 1.54) is 30.2 Å². The van der Waals surface area contributed by atoms with Gasteiger partial charge in [0.15, 0.2) is 0 Å². The highest BCUT2D eigenvalue weighted by molar-refractivity contribution is 6.05. The van der Waals surface area contributed by atoms with Crippen molar-refractivity contribution in [2.24, 2.45) is 5.73 Å². The third-order valence-corrected chi connectivity index (χ3v) is 5.51. The Morgan fingerprint density at radius 1 is 1.12 bits per heavy atom. The third kappa shape index (κ3) is 2.44. The molecule has 2 aliphatic rings. The van der Waals surface area contributed by atoms with E-state index in [1.54, 1.807) is 0 Å². The largest absolute Gasteiger partial charge is 0.398 e. The van der Waals surface area contributed by atoms with Crippen molar-refractivity contribution in [3.05, 3.63) is 28.8 Å². The first-order valence-electron chi connectivity index (χ1n) is 8.94. The minimum absolute atomic E-state index is 0.321. The second-order valence-electron chi connectivity index (χ2n) is 7.03. The Balaban J connectivity index is 1.93. The van der Waals surface area contributed by atoms with Gasteiger partial charge in [-0.3, -0.25) is 0 Å². The van der Waals surface area contributed by atoms with Gasteiger partial charge in [-0.25, -0.2) is 4.98 Å². The summed E-state index contributed by atoms with van der Waals surface area (Å²) >= 11 is 0. The van der Waals surface area contributed by atoms with Gasteiger partial charge in [-0.15, -0.1) is 0 Å². The monoisotopic (exact) mass is 323 g/mol. The summed E-state index contributed by atoms with van der Waals surface area (Å²) < 4.78 is 0. The number of anilines is 2. The van der Waals surface area contributed by atoms with Gasteiger partial charge >= 0.3 is 0 Å². The molecule has 4 rings (SSSR count). The number of benzene rings is 1. The van der Waals surface area contributed by atoms with E-state index in [2.05, 4.69) is 4.90 Å². The van der Waals surface area contributed by atoms with Gasteiger partial charge in [0.25, 0.3) is 0 Å². The van der Waals surface area contributed by atoms with Crippen LogP contribution in [0.15, 0.2) is 12.1 Å². The Hall–Kier alpha value is -2.14. The molecule has 0 amide bonds. The number of nitrogens with zero attached hydrogens (tertiary/aromatic N) is 2. The number of aryl methyl sites for hydroxylation is 1. The summed E-state index contributed by atoms with van der Waals surface area (Å²) in [5, 5.41) is 8.89. The van der Waals surface area contributed by atoms with Gasteiger partial charge in [0, 0.05) is 42.0 Å². The van der Waals surface area contributed by atoms with E-state index in [0.717, 1.165) is 61.1 Å². The number of hydrogen-bond acceptors (Lipinski definition) is 5. The number of aromatic nitrogens is 1. The average molecular weight is 323 g/mol. The van der Waals surface area contributed by atoms with E-state index < -0.39 is 0 Å². The smallest absolute Gasteiger partial charge is 0.132 e. The first kappa shape index (κ1) is 15.4. The first-order valence-corrected chi connectivity index (χ1v) is 8.94. The van der Waals surface area contributed by atoms with Crippen molar-refractivity contribution in [3.63, 3.8) is 0 Å². The second kappa shape index (κ2) is 6.06. The summed E-state index contributed by atoms with van der Waals surface area (Å²) in [4.78, 5) is 7.42. The minimum atomic E-state index is 0.321. The number of fused-ring (bicyclic) bond motifs is 3. The van der Waals surface area contributed by atoms with E-state index in [1.807, 2.05) is 12.1 Å². The first-order chi connectivity index (χ1) is 11.7. The fourth-order valence-electron chi connectivity index (χ4n) is 4.17. The van der Waals surface area contributed by atoms with Gasteiger partial charge < -0.3 is 21.8 Å². The molecule has 126 valence electrons.